The largest absolute Gasteiger partial charge is 0.540 e. The first-order chi connectivity index (χ1) is 5.64. The van der Waals surface area contributed by atoms with Crippen LogP contribution in [0.3, 0.4) is 0 Å². The lowest BCUT2D eigenvalue weighted by molar-refractivity contribution is 0.563. The predicted molar refractivity (Wildman–Crippen MR) is 54.7 cm³/mol. The molecule has 0 radical (unpaired) electrons. The molecule has 12 heavy (non-hydrogen) atoms. The molecule has 64 valence electrons. The summed E-state index contributed by atoms with van der Waals surface area (Å²) in [6.07, 6.45) is 0. The third-order valence-electron chi connectivity index (χ3n) is 1.62. The van der Waals surface area contributed by atoms with Crippen LogP contribution in [0.1, 0.15) is 0 Å². The van der Waals surface area contributed by atoms with Gasteiger partial charge in [0.2, 0.25) is 0 Å². The van der Waals surface area contributed by atoms with Crippen molar-refractivity contribution in [1.82, 2.24) is 0 Å². The zero-order chi connectivity index (χ0) is 9.03. The number of hydrogen-bond acceptors (Lipinski definition) is 1. The molecule has 0 spiro atoms. The minimum atomic E-state index is -1.65. The van der Waals surface area contributed by atoms with Gasteiger partial charge in [-0.25, -0.2) is 0 Å². The van der Waals surface area contributed by atoms with E-state index in [1.54, 1.807) is 0 Å². The van der Waals surface area contributed by atoms with Crippen molar-refractivity contribution in [1.29, 1.82) is 0 Å². The van der Waals surface area contributed by atoms with Gasteiger partial charge in [-0.05, 0) is 25.2 Å². The van der Waals surface area contributed by atoms with Crippen LogP contribution in [0.4, 0.5) is 0 Å². The minimum Gasteiger partial charge on any atom is -0.540 e. The molecule has 1 aromatic rings. The van der Waals surface area contributed by atoms with Crippen LogP contribution < -0.4 is 4.43 Å². The molecule has 0 amide bonds. The normalized spacial score (nSPS) is 10.8. The Morgan fingerprint density at radius 1 is 1.25 bits per heavy atom. The van der Waals surface area contributed by atoms with E-state index in [-0.39, 0.29) is 0 Å². The molecule has 2 heteroatoms. The Morgan fingerprint density at radius 2 is 1.83 bits per heavy atom. The second-order valence-corrected chi connectivity index (χ2v) is 7.04. The number of hydrogen-bond donors (Lipinski definition) is 0. The monoisotopic (exact) mass is 178 g/mol. The molecule has 0 bridgehead atoms. The molecule has 0 fully saturated rings. The summed E-state index contributed by atoms with van der Waals surface area (Å²) in [5.41, 5.74) is 1.93. The Bertz CT molecular complexity index is 254. The summed E-state index contributed by atoms with van der Waals surface area (Å²) < 4.78 is 5.77. The van der Waals surface area contributed by atoms with Crippen molar-refractivity contribution < 1.29 is 4.43 Å². The molecule has 0 aliphatic rings. The number of para-hydroxylation sites is 1. The van der Waals surface area contributed by atoms with E-state index in [4.69, 9.17) is 4.43 Å². The van der Waals surface area contributed by atoms with E-state index in [0.717, 1.165) is 5.75 Å². The molecule has 0 aromatic heterocycles. The van der Waals surface area contributed by atoms with Gasteiger partial charge < -0.3 is 4.43 Å². The molecule has 0 heterocycles. The Kier molecular flexibility index (Phi) is 2.71. The van der Waals surface area contributed by atoms with Gasteiger partial charge in [-0.15, -0.1) is 6.58 Å². The van der Waals surface area contributed by atoms with Gasteiger partial charge in [-0.3, -0.25) is 0 Å². The molecule has 1 nitrogen and oxygen atoms in total. The molecule has 0 aliphatic carbocycles. The van der Waals surface area contributed by atoms with E-state index in [1.807, 2.05) is 36.0 Å². The standard InChI is InChI=1S/C10H14OSi/c1-4-12(2,3)11-10-8-6-5-7-9-10/h4-9H,1H2,2-3H3. The van der Waals surface area contributed by atoms with Gasteiger partial charge in [-0.1, -0.05) is 23.9 Å². The first-order valence-electron chi connectivity index (χ1n) is 4.02. The van der Waals surface area contributed by atoms with Crippen molar-refractivity contribution in [3.05, 3.63) is 42.6 Å². The van der Waals surface area contributed by atoms with Crippen LogP contribution >= 0.6 is 0 Å². The lowest BCUT2D eigenvalue weighted by Gasteiger charge is -2.19. The smallest absolute Gasteiger partial charge is 0.269 e. The van der Waals surface area contributed by atoms with Crippen molar-refractivity contribution in [3.8, 4) is 5.75 Å². The minimum absolute atomic E-state index is 0.939. The summed E-state index contributed by atoms with van der Waals surface area (Å²) in [6, 6.07) is 9.87. The van der Waals surface area contributed by atoms with E-state index in [0.29, 0.717) is 0 Å². The summed E-state index contributed by atoms with van der Waals surface area (Å²) in [7, 11) is -1.65. The molecule has 0 aliphatic heterocycles. The molecule has 0 saturated carbocycles. The van der Waals surface area contributed by atoms with Crippen LogP contribution in [0.5, 0.6) is 5.75 Å². The molecule has 0 N–H and O–H groups in total. The van der Waals surface area contributed by atoms with Crippen LogP contribution in [0.2, 0.25) is 13.1 Å². The van der Waals surface area contributed by atoms with Gasteiger partial charge in [-0.2, -0.15) is 0 Å². The maximum atomic E-state index is 5.77. The lowest BCUT2D eigenvalue weighted by atomic mass is 10.3. The second kappa shape index (κ2) is 3.58. The fraction of sp³-hybridized carbons (Fsp3) is 0.200. The predicted octanol–water partition coefficient (Wildman–Crippen LogP) is 3.00. The Morgan fingerprint density at radius 3 is 2.33 bits per heavy atom. The maximum Gasteiger partial charge on any atom is 0.269 e. The highest BCUT2D eigenvalue weighted by Gasteiger charge is 2.18. The lowest BCUT2D eigenvalue weighted by Crippen LogP contribution is -2.31. The highest BCUT2D eigenvalue weighted by atomic mass is 28.4. The van der Waals surface area contributed by atoms with Crippen molar-refractivity contribution in [2.24, 2.45) is 0 Å². The van der Waals surface area contributed by atoms with Gasteiger partial charge in [0.15, 0.2) is 0 Å². The van der Waals surface area contributed by atoms with E-state index in [2.05, 4.69) is 19.7 Å². The number of rotatable bonds is 3. The van der Waals surface area contributed by atoms with Crippen molar-refractivity contribution in [2.45, 2.75) is 13.1 Å². The highest BCUT2D eigenvalue weighted by molar-refractivity contribution is 6.76. The first-order valence-corrected chi connectivity index (χ1v) is 7.00. The van der Waals surface area contributed by atoms with Gasteiger partial charge in [0.1, 0.15) is 5.75 Å². The SMILES string of the molecule is C=C[Si](C)(C)Oc1ccccc1. The summed E-state index contributed by atoms with van der Waals surface area (Å²) in [5, 5.41) is 0. The molecular formula is C10H14OSi. The third-order valence-corrected chi connectivity index (χ3v) is 3.36. The van der Waals surface area contributed by atoms with Crippen LogP contribution in [0.15, 0.2) is 42.6 Å². The second-order valence-electron chi connectivity index (χ2n) is 3.22. The van der Waals surface area contributed by atoms with Crippen molar-refractivity contribution in [2.75, 3.05) is 0 Å². The topological polar surface area (TPSA) is 9.23 Å². The van der Waals surface area contributed by atoms with E-state index in [1.165, 1.54) is 0 Å². The average Bonchev–Trinajstić information content (AvgIpc) is 2.06. The zero-order valence-electron chi connectivity index (χ0n) is 7.58. The maximum absolute atomic E-state index is 5.77. The van der Waals surface area contributed by atoms with Gasteiger partial charge in [0.05, 0.1) is 0 Å². The zero-order valence-corrected chi connectivity index (χ0v) is 8.58. The fourth-order valence-corrected chi connectivity index (χ4v) is 1.66. The van der Waals surface area contributed by atoms with Crippen LogP contribution in [-0.4, -0.2) is 8.32 Å². The summed E-state index contributed by atoms with van der Waals surface area (Å²) in [6.45, 7) is 8.00. The molecule has 0 unspecified atom stereocenters. The summed E-state index contributed by atoms with van der Waals surface area (Å²) in [4.78, 5) is 0. The Balaban J connectivity index is 2.70. The molecule has 0 saturated heterocycles. The average molecular weight is 178 g/mol. The van der Waals surface area contributed by atoms with Crippen molar-refractivity contribution >= 4 is 8.32 Å². The third kappa shape index (κ3) is 2.55. The summed E-state index contributed by atoms with van der Waals surface area (Å²) in [5.74, 6) is 0.939. The van der Waals surface area contributed by atoms with E-state index in [9.17, 15) is 0 Å². The van der Waals surface area contributed by atoms with Crippen LogP contribution in [0.25, 0.3) is 0 Å². The summed E-state index contributed by atoms with van der Waals surface area (Å²) >= 11 is 0. The van der Waals surface area contributed by atoms with Crippen molar-refractivity contribution in [3.63, 3.8) is 0 Å². The van der Waals surface area contributed by atoms with Gasteiger partial charge in [0.25, 0.3) is 8.32 Å². The quantitative estimate of drug-likeness (QED) is 0.646. The first kappa shape index (κ1) is 9.07. The highest BCUT2D eigenvalue weighted by Crippen LogP contribution is 2.15. The van der Waals surface area contributed by atoms with Gasteiger partial charge in [0, 0.05) is 0 Å². The molecule has 1 rings (SSSR count). The van der Waals surface area contributed by atoms with Crippen LogP contribution in [-0.2, 0) is 0 Å². The molecule has 0 atom stereocenters. The van der Waals surface area contributed by atoms with E-state index < -0.39 is 8.32 Å². The molecular weight excluding hydrogens is 164 g/mol. The Labute approximate surface area is 74.8 Å². The fourth-order valence-electron chi connectivity index (χ4n) is 0.834. The van der Waals surface area contributed by atoms with Gasteiger partial charge >= 0.3 is 0 Å². The van der Waals surface area contributed by atoms with Crippen LogP contribution in [0, 0.1) is 0 Å². The molecule has 1 aromatic carbocycles. The number of benzene rings is 1. The van der Waals surface area contributed by atoms with E-state index >= 15 is 0 Å². The Hall–Kier alpha value is -1.02.